The van der Waals surface area contributed by atoms with Gasteiger partial charge in [0.25, 0.3) is 0 Å². The molecule has 0 amide bonds. The molecule has 0 radical (unpaired) electrons. The first-order valence-corrected chi connectivity index (χ1v) is 8.05. The molecule has 0 aromatic heterocycles. The van der Waals surface area contributed by atoms with Crippen molar-refractivity contribution in [2.45, 2.75) is 25.7 Å². The molecule has 17 heavy (non-hydrogen) atoms. The first-order chi connectivity index (χ1) is 8.33. The maximum absolute atomic E-state index is 10.9. The van der Waals surface area contributed by atoms with Gasteiger partial charge in [0.2, 0.25) is 0 Å². The smallest absolute Gasteiger partial charge is 0.349 e. The molecule has 2 nitrogen and oxygen atoms in total. The molecule has 3 heteroatoms. The summed E-state index contributed by atoms with van der Waals surface area (Å²) in [6, 6.07) is 10.6. The van der Waals surface area contributed by atoms with E-state index < -0.39 is 0 Å². The van der Waals surface area contributed by atoms with E-state index in [1.165, 1.54) is 10.7 Å². The van der Waals surface area contributed by atoms with Crippen LogP contribution in [0.1, 0.15) is 25.7 Å². The van der Waals surface area contributed by atoms with Crippen LogP contribution < -0.4 is 21.2 Å². The number of halogens is 1. The quantitative estimate of drug-likeness (QED) is 0.401. The third-order valence-corrected chi connectivity index (χ3v) is 4.55. The Morgan fingerprint density at radius 3 is 2.76 bits per heavy atom. The first-order valence-electron chi connectivity index (χ1n) is 5.73. The Kier molecular flexibility index (Phi) is 7.71. The number of carbonyl (C=O) groups is 1. The van der Waals surface area contributed by atoms with Crippen LogP contribution in [0.3, 0.4) is 0 Å². The summed E-state index contributed by atoms with van der Waals surface area (Å²) in [4.78, 5) is 10.9. The summed E-state index contributed by atoms with van der Waals surface area (Å²) in [5.74, 6) is -0.106. The molecule has 1 aromatic carbocycles. The van der Waals surface area contributed by atoms with Crippen molar-refractivity contribution in [3.05, 3.63) is 44.1 Å². The summed E-state index contributed by atoms with van der Waals surface area (Å²) in [6.07, 6.45) is 5.81. The Morgan fingerprint density at radius 2 is 2.06 bits per heavy atom. The molecule has 0 aliphatic heterocycles. The van der Waals surface area contributed by atoms with E-state index >= 15 is 0 Å². The second-order valence-electron chi connectivity index (χ2n) is 3.59. The van der Waals surface area contributed by atoms with Crippen LogP contribution in [-0.4, -0.2) is 13.1 Å². The molecule has 0 bridgehead atoms. The number of carbonyl (C=O) groups excluding carboxylic acids is 1. The van der Waals surface area contributed by atoms with E-state index in [1.807, 2.05) is 6.07 Å². The monoisotopic (exact) mass is 345 g/mol. The van der Waals surface area contributed by atoms with Gasteiger partial charge in [-0.15, -0.1) is 0 Å². The van der Waals surface area contributed by atoms with Crippen LogP contribution in [0.2, 0.25) is 0 Å². The number of hydrogen-bond acceptors (Lipinski definition) is 2. The van der Waals surface area contributed by atoms with E-state index in [0.29, 0.717) is 6.42 Å². The van der Waals surface area contributed by atoms with Crippen molar-refractivity contribution < 1.29 is 30.7 Å². The van der Waals surface area contributed by atoms with Crippen molar-refractivity contribution >= 4 is 5.97 Å². The molecule has 92 valence electrons. The molecular formula is C14H18IO2+. The van der Waals surface area contributed by atoms with Gasteiger partial charge in [-0.3, -0.25) is 4.79 Å². The molecule has 1 rings (SSSR count). The molecule has 0 unspecified atom stereocenters. The fourth-order valence-corrected chi connectivity index (χ4v) is 3.16. The lowest BCUT2D eigenvalue weighted by Crippen LogP contribution is -3.59. The minimum absolute atomic E-state index is 0.0163. The number of benzene rings is 1. The van der Waals surface area contributed by atoms with E-state index in [0.717, 1.165) is 19.3 Å². The first kappa shape index (κ1) is 14.2. The average Bonchev–Trinajstić information content (AvgIpc) is 2.38. The molecule has 0 saturated carbocycles. The number of unbranched alkanes of at least 4 members (excludes halogenated alkanes) is 2. The van der Waals surface area contributed by atoms with Gasteiger partial charge in [0.05, 0.1) is 7.11 Å². The van der Waals surface area contributed by atoms with Crippen molar-refractivity contribution in [1.82, 2.24) is 0 Å². The Morgan fingerprint density at radius 1 is 1.29 bits per heavy atom. The summed E-state index contributed by atoms with van der Waals surface area (Å²) < 4.78 is 8.32. The maximum atomic E-state index is 10.9. The average molecular weight is 345 g/mol. The van der Waals surface area contributed by atoms with Gasteiger partial charge in [-0.25, -0.2) is 0 Å². The van der Waals surface area contributed by atoms with Crippen molar-refractivity contribution in [3.8, 4) is 0 Å². The normalized spacial score (nSPS) is 10.6. The van der Waals surface area contributed by atoms with E-state index in [4.69, 9.17) is 0 Å². The molecule has 1 aromatic rings. The highest BCUT2D eigenvalue weighted by molar-refractivity contribution is 5.68. The second-order valence-corrected chi connectivity index (χ2v) is 6.18. The van der Waals surface area contributed by atoms with Crippen LogP contribution in [0.5, 0.6) is 0 Å². The van der Waals surface area contributed by atoms with E-state index in [-0.39, 0.29) is 27.2 Å². The fraction of sp³-hybridized carbons (Fsp3) is 0.357. The molecule has 0 saturated heterocycles. The highest BCUT2D eigenvalue weighted by Crippen LogP contribution is 2.00. The Balaban J connectivity index is 2.05. The molecular weight excluding hydrogens is 327 g/mol. The number of hydrogen-bond donors (Lipinski definition) is 0. The minimum atomic E-state index is -0.106. The molecule has 0 aliphatic rings. The van der Waals surface area contributed by atoms with E-state index in [9.17, 15) is 4.79 Å². The summed E-state index contributed by atoms with van der Waals surface area (Å²) in [7, 11) is 1.44. The van der Waals surface area contributed by atoms with Gasteiger partial charge in [-0.05, 0) is 37.5 Å². The summed E-state index contributed by atoms with van der Waals surface area (Å²) in [5, 5.41) is 0. The number of allylic oxidation sites excluding steroid dienone is 1. The third-order valence-electron chi connectivity index (χ3n) is 2.24. The molecule has 0 N–H and O–H groups in total. The van der Waals surface area contributed by atoms with Gasteiger partial charge in [0.15, 0.2) is 7.65 Å². The lowest BCUT2D eigenvalue weighted by Gasteiger charge is -1.96. The zero-order chi connectivity index (χ0) is 12.3. The van der Waals surface area contributed by atoms with Crippen molar-refractivity contribution in [2.75, 3.05) is 7.11 Å². The van der Waals surface area contributed by atoms with Gasteiger partial charge in [-0.1, -0.05) is 18.2 Å². The molecule has 0 heterocycles. The van der Waals surface area contributed by atoms with Crippen LogP contribution in [0.4, 0.5) is 0 Å². The largest absolute Gasteiger partial charge is 0.469 e. The lowest BCUT2D eigenvalue weighted by atomic mass is 10.2. The van der Waals surface area contributed by atoms with Crippen molar-refractivity contribution in [1.29, 1.82) is 0 Å². The Bertz CT molecular complexity index is 346. The number of ether oxygens (including phenoxy) is 1. The van der Waals surface area contributed by atoms with Gasteiger partial charge in [0, 0.05) is 6.42 Å². The standard InChI is InChI=1S/C14H18IO2/c1-17-14(16)11-7-2-3-8-12-15-13-9-5-4-6-10-13/h4-6,8-10,12H,2-3,7,11H2,1H3/q+1/b12-8-. The third kappa shape index (κ3) is 7.15. The van der Waals surface area contributed by atoms with Crippen LogP contribution in [0.15, 0.2) is 40.5 Å². The molecule has 0 aliphatic carbocycles. The van der Waals surface area contributed by atoms with Crippen LogP contribution in [0.25, 0.3) is 0 Å². The summed E-state index contributed by atoms with van der Waals surface area (Å²) in [6.45, 7) is 0. The van der Waals surface area contributed by atoms with E-state index in [1.54, 1.807) is 0 Å². The topological polar surface area (TPSA) is 26.3 Å². The Hall–Kier alpha value is -0.840. The molecule has 0 atom stereocenters. The number of esters is 1. The molecule has 0 spiro atoms. The zero-order valence-corrected chi connectivity index (χ0v) is 12.2. The Labute approximate surface area is 113 Å². The van der Waals surface area contributed by atoms with Gasteiger partial charge < -0.3 is 4.74 Å². The van der Waals surface area contributed by atoms with E-state index in [2.05, 4.69) is 39.2 Å². The summed E-state index contributed by atoms with van der Waals surface area (Å²) >= 11 is 0.0163. The highest BCUT2D eigenvalue weighted by atomic mass is 127. The van der Waals surface area contributed by atoms with Crippen molar-refractivity contribution in [3.63, 3.8) is 0 Å². The predicted molar refractivity (Wildman–Crippen MR) is 64.8 cm³/mol. The lowest BCUT2D eigenvalue weighted by molar-refractivity contribution is -0.557. The minimum Gasteiger partial charge on any atom is -0.469 e. The maximum Gasteiger partial charge on any atom is 0.349 e. The van der Waals surface area contributed by atoms with Crippen LogP contribution in [0, 0.1) is 3.57 Å². The highest BCUT2D eigenvalue weighted by Gasteiger charge is 2.04. The fourth-order valence-electron chi connectivity index (χ4n) is 1.30. The van der Waals surface area contributed by atoms with Gasteiger partial charge in [0.1, 0.15) is 0 Å². The zero-order valence-electron chi connectivity index (χ0n) is 10.1. The number of rotatable bonds is 7. The number of methoxy groups -OCH3 is 1. The summed E-state index contributed by atoms with van der Waals surface area (Å²) in [5.41, 5.74) is 0. The second kappa shape index (κ2) is 9.22. The SMILES string of the molecule is COC(=O)CCCC/C=C\[I+]c1ccccc1. The van der Waals surface area contributed by atoms with Crippen molar-refractivity contribution in [2.24, 2.45) is 0 Å². The van der Waals surface area contributed by atoms with Gasteiger partial charge >= 0.3 is 27.2 Å². The predicted octanol–water partition coefficient (Wildman–Crippen LogP) is 0.192. The van der Waals surface area contributed by atoms with Crippen LogP contribution in [-0.2, 0) is 9.53 Å². The molecule has 0 fully saturated rings. The van der Waals surface area contributed by atoms with Crippen LogP contribution >= 0.6 is 0 Å². The van der Waals surface area contributed by atoms with Gasteiger partial charge in [-0.2, -0.15) is 0 Å².